The number of nitrogens with two attached hydrogens (primary N) is 1. The lowest BCUT2D eigenvalue weighted by Crippen LogP contribution is -2.63. The topological polar surface area (TPSA) is 88.3 Å². The molecule has 2 fully saturated rings. The lowest BCUT2D eigenvalue weighted by Gasteiger charge is -2.42. The summed E-state index contributed by atoms with van der Waals surface area (Å²) in [7, 11) is 1.72. The molecule has 196 valence electrons. The van der Waals surface area contributed by atoms with Crippen LogP contribution < -0.4 is 11.1 Å². The molecule has 6 nitrogen and oxygen atoms in total. The van der Waals surface area contributed by atoms with Crippen LogP contribution >= 0.6 is 11.3 Å². The van der Waals surface area contributed by atoms with Gasteiger partial charge in [-0.25, -0.2) is 9.37 Å². The van der Waals surface area contributed by atoms with Gasteiger partial charge in [0, 0.05) is 12.1 Å². The number of carbonyl (C=O) groups is 2. The van der Waals surface area contributed by atoms with Crippen LogP contribution in [0.25, 0.3) is 21.3 Å². The van der Waals surface area contributed by atoms with Crippen LogP contribution in [0, 0.1) is 17.7 Å². The van der Waals surface area contributed by atoms with E-state index in [9.17, 15) is 14.0 Å². The Hall–Kier alpha value is -2.84. The number of amides is 2. The van der Waals surface area contributed by atoms with Gasteiger partial charge in [0.05, 0.1) is 22.2 Å². The van der Waals surface area contributed by atoms with Gasteiger partial charge in [-0.3, -0.25) is 9.59 Å². The van der Waals surface area contributed by atoms with Crippen LogP contribution in [-0.4, -0.2) is 40.8 Å². The maximum Gasteiger partial charge on any atom is 0.238 e. The minimum atomic E-state index is -1.12. The van der Waals surface area contributed by atoms with E-state index < -0.39 is 17.4 Å². The van der Waals surface area contributed by atoms with Gasteiger partial charge in [0.2, 0.25) is 11.8 Å². The van der Waals surface area contributed by atoms with Crippen LogP contribution in [0.4, 0.5) is 4.39 Å². The number of benzene rings is 2. The number of aromatic nitrogens is 1. The molecule has 2 heterocycles. The highest BCUT2D eigenvalue weighted by Gasteiger charge is 2.50. The van der Waals surface area contributed by atoms with Crippen molar-refractivity contribution in [3.05, 3.63) is 53.3 Å². The van der Waals surface area contributed by atoms with Gasteiger partial charge >= 0.3 is 0 Å². The predicted molar refractivity (Wildman–Crippen MR) is 145 cm³/mol. The van der Waals surface area contributed by atoms with Crippen molar-refractivity contribution < 1.29 is 14.0 Å². The summed E-state index contributed by atoms with van der Waals surface area (Å²) in [5.41, 5.74) is 7.60. The molecule has 0 bridgehead atoms. The summed E-state index contributed by atoms with van der Waals surface area (Å²) < 4.78 is 14.6. The molecule has 0 radical (unpaired) electrons. The molecular formula is C29H35FN4O2S. The maximum absolute atomic E-state index is 14.3. The molecule has 8 heteroatoms. The van der Waals surface area contributed by atoms with Crippen LogP contribution in [0.2, 0.25) is 0 Å². The zero-order chi connectivity index (χ0) is 26.2. The number of carbonyl (C=O) groups excluding carboxylic acids is 2. The van der Waals surface area contributed by atoms with Gasteiger partial charge in [-0.15, -0.1) is 11.3 Å². The van der Waals surface area contributed by atoms with Crippen LogP contribution in [0.1, 0.15) is 62.9 Å². The molecule has 1 saturated carbocycles. The molecular weight excluding hydrogens is 487 g/mol. The smallest absolute Gasteiger partial charge is 0.238 e. The van der Waals surface area contributed by atoms with Crippen molar-refractivity contribution in [3.63, 3.8) is 0 Å². The SMILES string of the molecule is CNC(C)(C(N)=O)[C@@H](C(=O)N1CCC[C@H]1c1nc2cccc(-c3ccc(F)cc3)c2s1)C1CCCCC1. The van der Waals surface area contributed by atoms with Gasteiger partial charge in [-0.05, 0) is 69.3 Å². The van der Waals surface area contributed by atoms with Crippen molar-refractivity contribution in [3.8, 4) is 11.1 Å². The van der Waals surface area contributed by atoms with E-state index in [0.717, 1.165) is 64.9 Å². The quantitative estimate of drug-likeness (QED) is 0.433. The van der Waals surface area contributed by atoms with E-state index in [-0.39, 0.29) is 23.7 Å². The van der Waals surface area contributed by atoms with Gasteiger partial charge in [0.25, 0.3) is 0 Å². The Morgan fingerprint density at radius 3 is 2.51 bits per heavy atom. The second-order valence-electron chi connectivity index (χ2n) is 10.6. The molecule has 2 aliphatic rings. The number of nitrogens with zero attached hydrogens (tertiary/aromatic N) is 2. The van der Waals surface area contributed by atoms with E-state index in [0.29, 0.717) is 6.54 Å². The summed E-state index contributed by atoms with van der Waals surface area (Å²) in [5.74, 6) is -1.15. The first-order valence-electron chi connectivity index (χ1n) is 13.3. The molecule has 1 saturated heterocycles. The van der Waals surface area contributed by atoms with E-state index >= 15 is 0 Å². The number of primary amides is 1. The number of nitrogens with one attached hydrogen (secondary N) is 1. The average Bonchev–Trinajstić information content (AvgIpc) is 3.57. The minimum absolute atomic E-state index is 0.00284. The summed E-state index contributed by atoms with van der Waals surface area (Å²) in [5, 5.41) is 4.03. The van der Waals surface area contributed by atoms with Crippen molar-refractivity contribution >= 4 is 33.4 Å². The molecule has 2 aromatic carbocycles. The van der Waals surface area contributed by atoms with E-state index in [1.54, 1.807) is 37.4 Å². The Morgan fingerprint density at radius 1 is 1.11 bits per heavy atom. The number of rotatable bonds is 7. The van der Waals surface area contributed by atoms with Crippen molar-refractivity contribution in [1.29, 1.82) is 0 Å². The molecule has 1 aromatic heterocycles. The number of fused-ring (bicyclic) bond motifs is 1. The van der Waals surface area contributed by atoms with Crippen LogP contribution in [-0.2, 0) is 9.59 Å². The molecule has 1 unspecified atom stereocenters. The highest BCUT2D eigenvalue weighted by molar-refractivity contribution is 7.19. The second kappa shape index (κ2) is 10.5. The number of hydrogen-bond acceptors (Lipinski definition) is 5. The molecule has 1 aliphatic carbocycles. The molecule has 2 amide bonds. The third-order valence-corrected chi connectivity index (χ3v) is 9.65. The lowest BCUT2D eigenvalue weighted by molar-refractivity contribution is -0.147. The fourth-order valence-corrected chi connectivity index (χ4v) is 7.50. The van der Waals surface area contributed by atoms with Gasteiger partial charge in [-0.2, -0.15) is 0 Å². The first kappa shape index (κ1) is 25.8. The third-order valence-electron chi connectivity index (χ3n) is 8.45. The molecule has 3 N–H and O–H groups in total. The number of halogens is 1. The fraction of sp³-hybridized carbons (Fsp3) is 0.483. The van der Waals surface area contributed by atoms with Gasteiger partial charge in [-0.1, -0.05) is 43.5 Å². The number of likely N-dealkylation sites (N-methyl/N-ethyl adjacent to an activating group) is 1. The van der Waals surface area contributed by atoms with E-state index in [1.165, 1.54) is 18.6 Å². The number of hydrogen-bond donors (Lipinski definition) is 2. The monoisotopic (exact) mass is 522 g/mol. The molecule has 37 heavy (non-hydrogen) atoms. The highest BCUT2D eigenvalue weighted by Crippen LogP contribution is 2.43. The Kier molecular flexibility index (Phi) is 7.32. The first-order valence-corrected chi connectivity index (χ1v) is 14.1. The Labute approximate surface area is 221 Å². The highest BCUT2D eigenvalue weighted by atomic mass is 32.1. The van der Waals surface area contributed by atoms with Crippen molar-refractivity contribution in [1.82, 2.24) is 15.2 Å². The van der Waals surface area contributed by atoms with Crippen LogP contribution in [0.3, 0.4) is 0 Å². The molecule has 0 spiro atoms. The summed E-state index contributed by atoms with van der Waals surface area (Å²) in [6.45, 7) is 2.43. The van der Waals surface area contributed by atoms with Gasteiger partial charge in [0.1, 0.15) is 16.4 Å². The lowest BCUT2D eigenvalue weighted by atomic mass is 9.69. The van der Waals surface area contributed by atoms with Crippen LogP contribution in [0.15, 0.2) is 42.5 Å². The fourth-order valence-electron chi connectivity index (χ4n) is 6.25. The van der Waals surface area contributed by atoms with Crippen LogP contribution in [0.5, 0.6) is 0 Å². The summed E-state index contributed by atoms with van der Waals surface area (Å²) >= 11 is 1.60. The second-order valence-corrected chi connectivity index (χ2v) is 11.6. The van der Waals surface area contributed by atoms with E-state index in [4.69, 9.17) is 10.7 Å². The standard InChI is InChI=1S/C29H35FN4O2S/c1-29(32-2,28(31)36)24(19-8-4-3-5-9-19)27(35)34-17-7-12-23(34)26-33-22-11-6-10-21(25(22)37-26)18-13-15-20(30)16-14-18/h6,10-11,13-16,19,23-24,32H,3-5,7-9,12,17H2,1-2H3,(H2,31,36)/t23-,24+,29?/m0/s1. The third kappa shape index (κ3) is 4.77. The van der Waals surface area contributed by atoms with E-state index in [1.807, 2.05) is 23.1 Å². The largest absolute Gasteiger partial charge is 0.368 e. The Bertz CT molecular complexity index is 1290. The molecule has 3 aromatic rings. The molecule has 3 atom stereocenters. The van der Waals surface area contributed by atoms with Gasteiger partial charge in [0.15, 0.2) is 0 Å². The Morgan fingerprint density at radius 2 is 1.84 bits per heavy atom. The van der Waals surface area contributed by atoms with Crippen molar-refractivity contribution in [2.75, 3.05) is 13.6 Å². The number of thiazole rings is 1. The maximum atomic E-state index is 14.3. The molecule has 1 aliphatic heterocycles. The zero-order valence-corrected chi connectivity index (χ0v) is 22.3. The summed E-state index contributed by atoms with van der Waals surface area (Å²) in [6, 6.07) is 12.3. The summed E-state index contributed by atoms with van der Waals surface area (Å²) in [4.78, 5) is 33.9. The van der Waals surface area contributed by atoms with Gasteiger partial charge < -0.3 is 16.0 Å². The van der Waals surface area contributed by atoms with Crippen molar-refractivity contribution in [2.24, 2.45) is 17.6 Å². The minimum Gasteiger partial charge on any atom is -0.368 e. The Balaban J connectivity index is 1.50. The first-order chi connectivity index (χ1) is 17.8. The summed E-state index contributed by atoms with van der Waals surface area (Å²) in [6.07, 6.45) is 6.89. The predicted octanol–water partition coefficient (Wildman–Crippen LogP) is 5.43. The average molecular weight is 523 g/mol. The number of likely N-dealkylation sites (tertiary alicyclic amines) is 1. The van der Waals surface area contributed by atoms with Crippen molar-refractivity contribution in [2.45, 2.75) is 63.5 Å². The normalized spacial score (nSPS) is 21.2. The molecule has 5 rings (SSSR count). The van der Waals surface area contributed by atoms with E-state index in [2.05, 4.69) is 5.32 Å². The zero-order valence-electron chi connectivity index (χ0n) is 21.5.